The Balaban J connectivity index is 1.92. The Kier molecular flexibility index (Phi) is 9.93. The molecular weight excluding hydrogens is 460 g/mol. The molecule has 1 aromatic heterocycles. The minimum atomic E-state index is -0.385. The molecule has 0 spiro atoms. The number of hydrogen-bond donors (Lipinski definition) is 2. The minimum Gasteiger partial charge on any atom is -0.497 e. The number of hydrogen-bond acceptors (Lipinski definition) is 7. The second kappa shape index (κ2) is 13.6. The van der Waals surface area contributed by atoms with E-state index in [1.54, 1.807) is 31.6 Å². The van der Waals surface area contributed by atoms with Crippen LogP contribution in [0.15, 0.2) is 65.9 Å². The Bertz CT molecular complexity index is 1140. The number of ether oxygens (including phenoxy) is 4. The highest BCUT2D eigenvalue weighted by Crippen LogP contribution is 2.39. The predicted molar refractivity (Wildman–Crippen MR) is 139 cm³/mol. The largest absolute Gasteiger partial charge is 0.497 e. The molecule has 3 rings (SSSR count). The lowest BCUT2D eigenvalue weighted by Gasteiger charge is -2.17. The zero-order chi connectivity index (χ0) is 25.8. The second-order valence-corrected chi connectivity index (χ2v) is 7.43. The molecule has 1 amide bonds. The quantitative estimate of drug-likeness (QED) is 0.296. The fraction of sp³-hybridized carbons (Fsp3) is 0.296. The maximum atomic E-state index is 13.3. The Morgan fingerprint density at radius 3 is 2.19 bits per heavy atom. The molecule has 0 saturated carbocycles. The summed E-state index contributed by atoms with van der Waals surface area (Å²) >= 11 is 0. The van der Waals surface area contributed by atoms with E-state index in [0.717, 1.165) is 5.56 Å². The van der Waals surface area contributed by atoms with Gasteiger partial charge in [0.1, 0.15) is 5.75 Å². The van der Waals surface area contributed by atoms with Crippen LogP contribution in [0.25, 0.3) is 0 Å². The zero-order valence-electron chi connectivity index (χ0n) is 21.0. The van der Waals surface area contributed by atoms with Crippen LogP contribution >= 0.6 is 0 Å². The van der Waals surface area contributed by atoms with Crippen molar-refractivity contribution < 1.29 is 23.7 Å². The van der Waals surface area contributed by atoms with Crippen molar-refractivity contribution in [3.63, 3.8) is 0 Å². The van der Waals surface area contributed by atoms with E-state index in [4.69, 9.17) is 18.9 Å². The highest BCUT2D eigenvalue weighted by Gasteiger charge is 2.19. The van der Waals surface area contributed by atoms with E-state index >= 15 is 0 Å². The number of pyridine rings is 1. The molecule has 0 aliphatic heterocycles. The van der Waals surface area contributed by atoms with Crippen LogP contribution in [0.2, 0.25) is 0 Å². The van der Waals surface area contributed by atoms with Crippen molar-refractivity contribution >= 4 is 17.6 Å². The van der Waals surface area contributed by atoms with E-state index in [2.05, 4.69) is 20.6 Å². The predicted octanol–water partition coefficient (Wildman–Crippen LogP) is 4.68. The van der Waals surface area contributed by atoms with Crippen molar-refractivity contribution in [1.82, 2.24) is 10.3 Å². The number of carbonyl (C=O) groups excluding carboxylic acids is 1. The fourth-order valence-corrected chi connectivity index (χ4v) is 3.31. The number of anilines is 1. The van der Waals surface area contributed by atoms with Crippen LogP contribution in [0.3, 0.4) is 0 Å². The molecule has 3 aromatic rings. The van der Waals surface area contributed by atoms with Gasteiger partial charge in [-0.1, -0.05) is 6.07 Å². The van der Waals surface area contributed by atoms with Crippen molar-refractivity contribution in [2.75, 3.05) is 32.2 Å². The summed E-state index contributed by atoms with van der Waals surface area (Å²) in [7, 11) is 1.59. The average Bonchev–Trinajstić information content (AvgIpc) is 2.90. The molecule has 0 aliphatic carbocycles. The summed E-state index contributed by atoms with van der Waals surface area (Å²) in [4.78, 5) is 22.0. The van der Waals surface area contributed by atoms with Crippen molar-refractivity contribution in [2.24, 2.45) is 4.99 Å². The number of benzene rings is 2. The summed E-state index contributed by atoms with van der Waals surface area (Å²) in [6, 6.07) is 14.4. The van der Waals surface area contributed by atoms with Crippen LogP contribution < -0.4 is 29.6 Å². The molecule has 0 bridgehead atoms. The molecule has 36 heavy (non-hydrogen) atoms. The highest BCUT2D eigenvalue weighted by molar-refractivity contribution is 6.10. The number of rotatable bonds is 11. The molecule has 9 nitrogen and oxygen atoms in total. The highest BCUT2D eigenvalue weighted by atomic mass is 16.5. The number of nitrogens with zero attached hydrogens (tertiary/aromatic N) is 2. The monoisotopic (exact) mass is 492 g/mol. The molecule has 1 heterocycles. The lowest BCUT2D eigenvalue weighted by molar-refractivity contribution is 0.0975. The molecule has 2 aromatic carbocycles. The van der Waals surface area contributed by atoms with Gasteiger partial charge in [-0.2, -0.15) is 0 Å². The third kappa shape index (κ3) is 7.36. The van der Waals surface area contributed by atoms with Gasteiger partial charge in [-0.3, -0.25) is 15.1 Å². The molecule has 2 N–H and O–H groups in total. The maximum Gasteiger partial charge on any atom is 0.258 e. The van der Waals surface area contributed by atoms with Gasteiger partial charge < -0.3 is 24.3 Å². The van der Waals surface area contributed by atoms with Gasteiger partial charge in [0.2, 0.25) is 11.7 Å². The number of amides is 1. The van der Waals surface area contributed by atoms with Crippen molar-refractivity contribution in [2.45, 2.75) is 27.3 Å². The summed E-state index contributed by atoms with van der Waals surface area (Å²) in [6.45, 7) is 7.20. The Morgan fingerprint density at radius 2 is 1.58 bits per heavy atom. The molecule has 9 heteroatoms. The van der Waals surface area contributed by atoms with Gasteiger partial charge in [0.15, 0.2) is 11.5 Å². The number of aromatic nitrogens is 1. The Hall–Kier alpha value is -4.27. The van der Waals surface area contributed by atoms with Crippen molar-refractivity contribution in [3.05, 3.63) is 72.1 Å². The van der Waals surface area contributed by atoms with Crippen molar-refractivity contribution in [1.29, 1.82) is 0 Å². The summed E-state index contributed by atoms with van der Waals surface area (Å²) in [5.74, 6) is 1.91. The van der Waals surface area contributed by atoms with E-state index in [0.29, 0.717) is 60.6 Å². The Morgan fingerprint density at radius 1 is 0.917 bits per heavy atom. The van der Waals surface area contributed by atoms with Crippen LogP contribution in [-0.4, -0.2) is 43.8 Å². The van der Waals surface area contributed by atoms with Gasteiger partial charge in [0.05, 0.1) is 33.5 Å². The SMILES string of the molecule is CCOc1cc(C(=O)NC(=NCc2ccncc2)Nc2cccc(OC)c2)cc(OCC)c1OCC. The van der Waals surface area contributed by atoms with Gasteiger partial charge in [0.25, 0.3) is 5.91 Å². The van der Waals surface area contributed by atoms with Crippen LogP contribution in [-0.2, 0) is 6.54 Å². The van der Waals surface area contributed by atoms with E-state index in [9.17, 15) is 4.79 Å². The van der Waals surface area contributed by atoms with Gasteiger partial charge in [-0.25, -0.2) is 4.99 Å². The van der Waals surface area contributed by atoms with Crippen LogP contribution in [0.4, 0.5) is 5.69 Å². The third-order valence-corrected chi connectivity index (χ3v) is 4.90. The lowest BCUT2D eigenvalue weighted by atomic mass is 10.1. The molecule has 0 saturated heterocycles. The molecule has 0 radical (unpaired) electrons. The summed E-state index contributed by atoms with van der Waals surface area (Å²) in [6.07, 6.45) is 3.39. The molecule has 190 valence electrons. The third-order valence-electron chi connectivity index (χ3n) is 4.90. The van der Waals surface area contributed by atoms with E-state index in [-0.39, 0.29) is 11.9 Å². The smallest absolute Gasteiger partial charge is 0.258 e. The average molecular weight is 493 g/mol. The Labute approximate surface area is 211 Å². The van der Waals surface area contributed by atoms with E-state index < -0.39 is 0 Å². The van der Waals surface area contributed by atoms with Crippen LogP contribution in [0.5, 0.6) is 23.0 Å². The zero-order valence-corrected chi connectivity index (χ0v) is 21.0. The fourth-order valence-electron chi connectivity index (χ4n) is 3.31. The lowest BCUT2D eigenvalue weighted by Crippen LogP contribution is -2.36. The van der Waals surface area contributed by atoms with Gasteiger partial charge in [0, 0.05) is 29.7 Å². The van der Waals surface area contributed by atoms with Crippen LogP contribution in [0, 0.1) is 0 Å². The molecule has 0 aliphatic rings. The first-order valence-electron chi connectivity index (χ1n) is 11.8. The summed E-state index contributed by atoms with van der Waals surface area (Å²) < 4.78 is 22.5. The number of aliphatic imine (C=N–C) groups is 1. The molecule has 0 unspecified atom stereocenters. The standard InChI is InChI=1S/C27H32N4O5/c1-5-34-23-15-20(16-24(35-6-2)25(23)36-7-3)26(32)31-27(29-18-19-11-13-28-14-12-19)30-21-9-8-10-22(17-21)33-4/h8-17H,5-7,18H2,1-4H3,(H2,29,30,31,32). The normalized spacial score (nSPS) is 10.9. The first-order valence-corrected chi connectivity index (χ1v) is 11.8. The topological polar surface area (TPSA) is 103 Å². The van der Waals surface area contributed by atoms with E-state index in [1.807, 2.05) is 57.2 Å². The van der Waals surface area contributed by atoms with Gasteiger partial charge in [-0.15, -0.1) is 0 Å². The van der Waals surface area contributed by atoms with Crippen LogP contribution in [0.1, 0.15) is 36.7 Å². The number of methoxy groups -OCH3 is 1. The molecular formula is C27H32N4O5. The van der Waals surface area contributed by atoms with Gasteiger partial charge >= 0.3 is 0 Å². The number of carbonyl (C=O) groups is 1. The van der Waals surface area contributed by atoms with Gasteiger partial charge in [-0.05, 0) is 62.7 Å². The maximum absolute atomic E-state index is 13.3. The second-order valence-electron chi connectivity index (χ2n) is 7.43. The summed E-state index contributed by atoms with van der Waals surface area (Å²) in [5.41, 5.74) is 2.00. The molecule has 0 atom stereocenters. The van der Waals surface area contributed by atoms with E-state index in [1.165, 1.54) is 0 Å². The molecule has 0 fully saturated rings. The first-order chi connectivity index (χ1) is 17.6. The number of nitrogens with one attached hydrogen (secondary N) is 2. The number of guanidine groups is 1. The minimum absolute atomic E-state index is 0.273. The van der Waals surface area contributed by atoms with Crippen molar-refractivity contribution in [3.8, 4) is 23.0 Å². The first kappa shape index (κ1) is 26.3. The summed E-state index contributed by atoms with van der Waals surface area (Å²) in [5, 5.41) is 6.04.